The number of fused-ring (bicyclic) bond motifs is 1. The van der Waals surface area contributed by atoms with Gasteiger partial charge >= 0.3 is 0 Å². The van der Waals surface area contributed by atoms with E-state index in [4.69, 9.17) is 18.9 Å². The van der Waals surface area contributed by atoms with E-state index in [1.54, 1.807) is 40.6 Å². The predicted molar refractivity (Wildman–Crippen MR) is 120 cm³/mol. The minimum Gasteiger partial charge on any atom is -0.496 e. The minimum absolute atomic E-state index is 0.489. The van der Waals surface area contributed by atoms with Crippen LogP contribution in [-0.4, -0.2) is 45.1 Å². The molecule has 3 N–H and O–H groups in total. The number of aliphatic hydroxyl groups is 1. The van der Waals surface area contributed by atoms with Gasteiger partial charge in [-0.15, -0.1) is 0 Å². The van der Waals surface area contributed by atoms with E-state index in [0.717, 1.165) is 33.8 Å². The van der Waals surface area contributed by atoms with Crippen LogP contribution in [0.2, 0.25) is 0 Å². The number of benzene rings is 2. The Bertz CT molecular complexity index is 1090. The molecule has 1 aromatic heterocycles. The Hall–Kier alpha value is -3.58. The zero-order valence-corrected chi connectivity index (χ0v) is 18.0. The lowest BCUT2D eigenvalue weighted by Crippen LogP contribution is -2.16. The van der Waals surface area contributed by atoms with Gasteiger partial charge in [0.1, 0.15) is 17.7 Å². The van der Waals surface area contributed by atoms with Crippen molar-refractivity contribution in [1.29, 1.82) is 0 Å². The first-order chi connectivity index (χ1) is 15.1. The summed E-state index contributed by atoms with van der Waals surface area (Å²) in [5.41, 5.74) is 4.41. The maximum Gasteiger partial charge on any atom is 0.203 e. The summed E-state index contributed by atoms with van der Waals surface area (Å²) < 4.78 is 21.8. The van der Waals surface area contributed by atoms with Crippen LogP contribution in [0.4, 0.5) is 5.82 Å². The molecule has 1 unspecified atom stereocenters. The zero-order valence-electron chi connectivity index (χ0n) is 18.0. The SMILES string of the molecule is COc1ccccc1-c1c[nH]c2c1C=C(C(O)c1cc(OC)c(OC)c(OC)c1)CN2. The van der Waals surface area contributed by atoms with E-state index in [-0.39, 0.29) is 0 Å². The van der Waals surface area contributed by atoms with E-state index in [1.807, 2.05) is 36.5 Å². The Kier molecular flexibility index (Phi) is 5.77. The van der Waals surface area contributed by atoms with E-state index in [0.29, 0.717) is 29.4 Å². The van der Waals surface area contributed by atoms with Gasteiger partial charge in [-0.3, -0.25) is 0 Å². The molecular weight excluding hydrogens is 396 g/mol. The monoisotopic (exact) mass is 422 g/mol. The Morgan fingerprint density at radius 3 is 2.19 bits per heavy atom. The van der Waals surface area contributed by atoms with Crippen LogP contribution in [0, 0.1) is 0 Å². The molecule has 0 aliphatic carbocycles. The molecular formula is C24H26N2O5. The summed E-state index contributed by atoms with van der Waals surface area (Å²) in [5, 5.41) is 14.5. The first kappa shape index (κ1) is 20.7. The molecule has 1 atom stereocenters. The van der Waals surface area contributed by atoms with Gasteiger partial charge in [0.15, 0.2) is 11.5 Å². The molecule has 2 aromatic carbocycles. The van der Waals surface area contributed by atoms with Gasteiger partial charge in [0, 0.05) is 29.4 Å². The van der Waals surface area contributed by atoms with Gasteiger partial charge < -0.3 is 34.4 Å². The number of aliphatic hydroxyl groups excluding tert-OH is 1. The Balaban J connectivity index is 1.75. The molecule has 162 valence electrons. The summed E-state index contributed by atoms with van der Waals surface area (Å²) >= 11 is 0. The minimum atomic E-state index is -0.852. The van der Waals surface area contributed by atoms with Crippen LogP contribution in [0.5, 0.6) is 23.0 Å². The molecule has 0 fully saturated rings. The van der Waals surface area contributed by atoms with Crippen LogP contribution in [0.15, 0.2) is 48.2 Å². The highest BCUT2D eigenvalue weighted by atomic mass is 16.5. The van der Waals surface area contributed by atoms with E-state index >= 15 is 0 Å². The van der Waals surface area contributed by atoms with Crippen molar-refractivity contribution in [3.05, 3.63) is 59.3 Å². The highest BCUT2D eigenvalue weighted by Crippen LogP contribution is 2.43. The average molecular weight is 422 g/mol. The standard InChI is InChI=1S/C24H26N2O5/c1-28-19-8-6-5-7-16(19)18-13-26-24-17(18)9-15(12-25-24)22(27)14-10-20(29-2)23(31-4)21(11-14)30-3/h5-11,13,22,25-27H,12H2,1-4H3. The van der Waals surface area contributed by atoms with Gasteiger partial charge in [-0.25, -0.2) is 0 Å². The lowest BCUT2D eigenvalue weighted by Gasteiger charge is -2.23. The van der Waals surface area contributed by atoms with E-state index in [1.165, 1.54) is 0 Å². The third-order valence-corrected chi connectivity index (χ3v) is 5.47. The van der Waals surface area contributed by atoms with Gasteiger partial charge in [0.2, 0.25) is 5.75 Å². The van der Waals surface area contributed by atoms with E-state index in [2.05, 4.69) is 10.3 Å². The summed E-state index contributed by atoms with van der Waals surface area (Å²) in [6.45, 7) is 0.497. The van der Waals surface area contributed by atoms with Crippen LogP contribution in [0.1, 0.15) is 17.2 Å². The second kappa shape index (κ2) is 8.65. The summed E-state index contributed by atoms with van der Waals surface area (Å²) in [6, 6.07) is 11.4. The van der Waals surface area contributed by atoms with E-state index in [9.17, 15) is 5.11 Å². The lowest BCUT2D eigenvalue weighted by molar-refractivity contribution is 0.214. The molecule has 7 heteroatoms. The van der Waals surface area contributed by atoms with Crippen LogP contribution in [0.3, 0.4) is 0 Å². The molecule has 3 aromatic rings. The Morgan fingerprint density at radius 1 is 0.871 bits per heavy atom. The number of ether oxygens (including phenoxy) is 4. The number of hydrogen-bond donors (Lipinski definition) is 3. The zero-order chi connectivity index (χ0) is 22.0. The molecule has 7 nitrogen and oxygen atoms in total. The van der Waals surface area contributed by atoms with Crippen molar-refractivity contribution in [2.45, 2.75) is 6.10 Å². The van der Waals surface area contributed by atoms with Crippen LogP contribution < -0.4 is 24.3 Å². The molecule has 31 heavy (non-hydrogen) atoms. The Morgan fingerprint density at radius 2 is 1.55 bits per heavy atom. The van der Waals surface area contributed by atoms with Crippen molar-refractivity contribution >= 4 is 11.9 Å². The molecule has 0 saturated carbocycles. The Labute approximate surface area is 181 Å². The number of para-hydroxylation sites is 1. The number of anilines is 1. The van der Waals surface area contributed by atoms with Gasteiger partial charge in [0.05, 0.1) is 28.4 Å². The number of H-pyrrole nitrogens is 1. The van der Waals surface area contributed by atoms with Crippen LogP contribution in [-0.2, 0) is 0 Å². The topological polar surface area (TPSA) is 85.0 Å². The lowest BCUT2D eigenvalue weighted by atomic mass is 9.94. The molecule has 0 amide bonds. The smallest absolute Gasteiger partial charge is 0.203 e. The molecule has 0 spiro atoms. The first-order valence-corrected chi connectivity index (χ1v) is 9.88. The maximum atomic E-state index is 11.2. The van der Waals surface area contributed by atoms with Gasteiger partial charge in [-0.05, 0) is 35.4 Å². The summed E-state index contributed by atoms with van der Waals surface area (Å²) in [7, 11) is 6.32. The maximum absolute atomic E-state index is 11.2. The molecule has 1 aliphatic rings. The van der Waals surface area contributed by atoms with Gasteiger partial charge in [-0.1, -0.05) is 18.2 Å². The highest BCUT2D eigenvalue weighted by molar-refractivity contribution is 5.87. The fourth-order valence-corrected chi connectivity index (χ4v) is 3.90. The third kappa shape index (κ3) is 3.68. The molecule has 0 radical (unpaired) electrons. The predicted octanol–water partition coefficient (Wildman–Crippen LogP) is 4.26. The average Bonchev–Trinajstić information content (AvgIpc) is 3.25. The van der Waals surface area contributed by atoms with Crippen molar-refractivity contribution in [3.63, 3.8) is 0 Å². The van der Waals surface area contributed by atoms with Crippen molar-refractivity contribution in [2.24, 2.45) is 0 Å². The van der Waals surface area contributed by atoms with Crippen molar-refractivity contribution in [3.8, 4) is 34.1 Å². The van der Waals surface area contributed by atoms with Crippen LogP contribution >= 0.6 is 0 Å². The normalized spacial score (nSPS) is 13.5. The van der Waals surface area contributed by atoms with Crippen molar-refractivity contribution in [1.82, 2.24) is 4.98 Å². The second-order valence-corrected chi connectivity index (χ2v) is 7.13. The third-order valence-electron chi connectivity index (χ3n) is 5.47. The number of hydrogen-bond acceptors (Lipinski definition) is 6. The quantitative estimate of drug-likeness (QED) is 0.528. The molecule has 4 rings (SSSR count). The fraction of sp³-hybridized carbons (Fsp3) is 0.250. The fourth-order valence-electron chi connectivity index (χ4n) is 3.90. The van der Waals surface area contributed by atoms with E-state index < -0.39 is 6.10 Å². The number of methoxy groups -OCH3 is 4. The number of aromatic nitrogens is 1. The van der Waals surface area contributed by atoms with Crippen LogP contribution in [0.25, 0.3) is 17.2 Å². The molecule has 1 aliphatic heterocycles. The molecule has 0 bridgehead atoms. The second-order valence-electron chi connectivity index (χ2n) is 7.13. The van der Waals surface area contributed by atoms with Gasteiger partial charge in [0.25, 0.3) is 0 Å². The number of rotatable bonds is 7. The molecule has 0 saturated heterocycles. The summed E-state index contributed by atoms with van der Waals surface area (Å²) in [6.07, 6.45) is 3.11. The number of aromatic amines is 1. The van der Waals surface area contributed by atoms with Gasteiger partial charge in [-0.2, -0.15) is 0 Å². The molecule has 2 heterocycles. The number of nitrogens with one attached hydrogen (secondary N) is 2. The summed E-state index contributed by atoms with van der Waals surface area (Å²) in [4.78, 5) is 3.28. The first-order valence-electron chi connectivity index (χ1n) is 9.88. The van der Waals surface area contributed by atoms with Crippen molar-refractivity contribution < 1.29 is 24.1 Å². The highest BCUT2D eigenvalue weighted by Gasteiger charge is 2.24. The van der Waals surface area contributed by atoms with Crippen molar-refractivity contribution in [2.75, 3.05) is 40.3 Å². The summed E-state index contributed by atoms with van der Waals surface area (Å²) in [5.74, 6) is 3.18. The largest absolute Gasteiger partial charge is 0.496 e.